The van der Waals surface area contributed by atoms with Gasteiger partial charge in [0.05, 0.1) is 5.39 Å². The van der Waals surface area contributed by atoms with Gasteiger partial charge >= 0.3 is 0 Å². The third-order valence-corrected chi connectivity index (χ3v) is 4.81. The zero-order valence-electron chi connectivity index (χ0n) is 13.5. The number of hydrogen-bond acceptors (Lipinski definition) is 6. The smallest absolute Gasteiger partial charge is 0.272 e. The van der Waals surface area contributed by atoms with Crippen LogP contribution in [0.3, 0.4) is 0 Å². The number of carbonyl (C=O) groups excluding carboxylic acids is 1. The summed E-state index contributed by atoms with van der Waals surface area (Å²) in [4.78, 5) is 18.9. The zero-order valence-corrected chi connectivity index (χ0v) is 13.5. The van der Waals surface area contributed by atoms with Gasteiger partial charge in [-0.1, -0.05) is 0 Å². The van der Waals surface area contributed by atoms with Crippen molar-refractivity contribution in [3.8, 4) is 0 Å². The van der Waals surface area contributed by atoms with Gasteiger partial charge in [-0.05, 0) is 50.9 Å². The predicted molar refractivity (Wildman–Crippen MR) is 89.8 cm³/mol. The van der Waals surface area contributed by atoms with Crippen molar-refractivity contribution < 1.29 is 9.90 Å². The van der Waals surface area contributed by atoms with Gasteiger partial charge in [-0.3, -0.25) is 9.89 Å². The maximum Gasteiger partial charge on any atom is 0.272 e. The molecule has 8 heteroatoms. The van der Waals surface area contributed by atoms with E-state index >= 15 is 0 Å². The Morgan fingerprint density at radius 1 is 1.29 bits per heavy atom. The number of anilines is 1. The predicted octanol–water partition coefficient (Wildman–Crippen LogP) is 0.358. The van der Waals surface area contributed by atoms with Gasteiger partial charge in [0.2, 0.25) is 0 Å². The normalized spacial score (nSPS) is 22.2. The molecule has 0 saturated carbocycles. The summed E-state index contributed by atoms with van der Waals surface area (Å²) >= 11 is 0. The van der Waals surface area contributed by atoms with Crippen LogP contribution in [0.4, 0.5) is 5.82 Å². The number of H-pyrrole nitrogens is 1. The fourth-order valence-corrected chi connectivity index (χ4v) is 3.46. The molecule has 2 aromatic heterocycles. The highest BCUT2D eigenvalue weighted by Crippen LogP contribution is 2.25. The van der Waals surface area contributed by atoms with Gasteiger partial charge in [0, 0.05) is 12.6 Å². The van der Waals surface area contributed by atoms with E-state index in [2.05, 4.69) is 25.8 Å². The summed E-state index contributed by atoms with van der Waals surface area (Å²) in [6.07, 6.45) is 3.09. The second-order valence-corrected chi connectivity index (χ2v) is 6.45. The highest BCUT2D eigenvalue weighted by Gasteiger charge is 2.25. The van der Waals surface area contributed by atoms with E-state index in [-0.39, 0.29) is 11.9 Å². The number of carbonyl (C=O) groups is 1. The topological polar surface area (TPSA) is 106 Å². The third-order valence-electron chi connectivity index (χ3n) is 4.81. The van der Waals surface area contributed by atoms with E-state index in [1.165, 1.54) is 0 Å². The van der Waals surface area contributed by atoms with Gasteiger partial charge in [-0.25, -0.2) is 4.98 Å². The Balaban J connectivity index is 1.55. The number of hydrogen-bond donors (Lipinski definition) is 4. The summed E-state index contributed by atoms with van der Waals surface area (Å²) in [6, 6.07) is 3.88. The molecule has 2 aromatic rings. The molecular formula is C16H22N6O2. The fourth-order valence-electron chi connectivity index (χ4n) is 3.46. The summed E-state index contributed by atoms with van der Waals surface area (Å²) in [7, 11) is 0. The number of amides is 1. The molecule has 2 aliphatic heterocycles. The number of fused-ring (bicyclic) bond motifs is 1. The van der Waals surface area contributed by atoms with Crippen molar-refractivity contribution in [2.45, 2.75) is 38.0 Å². The monoisotopic (exact) mass is 330 g/mol. The SMILES string of the molecule is O=C(NC1CCNCC1)c1n[nH]c2nc(N3CCC[C@H]3O)ccc12. The zero-order chi connectivity index (χ0) is 16.5. The van der Waals surface area contributed by atoms with E-state index in [1.807, 2.05) is 17.0 Å². The molecule has 24 heavy (non-hydrogen) atoms. The van der Waals surface area contributed by atoms with Crippen LogP contribution >= 0.6 is 0 Å². The Labute approximate surface area is 139 Å². The molecular weight excluding hydrogens is 308 g/mol. The molecule has 4 rings (SSSR count). The van der Waals surface area contributed by atoms with Crippen LogP contribution in [0.1, 0.15) is 36.2 Å². The number of nitrogens with zero attached hydrogens (tertiary/aromatic N) is 3. The number of aromatic nitrogens is 3. The second kappa shape index (κ2) is 6.37. The van der Waals surface area contributed by atoms with Crippen LogP contribution < -0.4 is 15.5 Å². The first kappa shape index (κ1) is 15.3. The van der Waals surface area contributed by atoms with Crippen LogP contribution in [0.15, 0.2) is 12.1 Å². The van der Waals surface area contributed by atoms with E-state index in [0.29, 0.717) is 22.5 Å². The quantitative estimate of drug-likeness (QED) is 0.647. The molecule has 2 saturated heterocycles. The number of aliphatic hydroxyl groups is 1. The minimum atomic E-state index is -0.486. The van der Waals surface area contributed by atoms with E-state index in [4.69, 9.17) is 0 Å². The molecule has 0 spiro atoms. The minimum absolute atomic E-state index is 0.163. The van der Waals surface area contributed by atoms with Crippen LogP contribution in [0.2, 0.25) is 0 Å². The minimum Gasteiger partial charge on any atom is -0.374 e. The van der Waals surface area contributed by atoms with E-state index < -0.39 is 6.23 Å². The number of nitrogens with one attached hydrogen (secondary N) is 3. The number of rotatable bonds is 3. The molecule has 0 radical (unpaired) electrons. The largest absolute Gasteiger partial charge is 0.374 e. The lowest BCUT2D eigenvalue weighted by molar-refractivity contribution is 0.0926. The molecule has 128 valence electrons. The van der Waals surface area contributed by atoms with E-state index in [0.717, 1.165) is 45.3 Å². The van der Waals surface area contributed by atoms with Gasteiger partial charge in [-0.15, -0.1) is 0 Å². The Hall–Kier alpha value is -2.19. The molecule has 4 N–H and O–H groups in total. The molecule has 2 aliphatic rings. The molecule has 4 heterocycles. The van der Waals surface area contributed by atoms with Crippen molar-refractivity contribution >= 4 is 22.8 Å². The lowest BCUT2D eigenvalue weighted by Crippen LogP contribution is -2.42. The summed E-state index contributed by atoms with van der Waals surface area (Å²) in [5.41, 5.74) is 0.951. The van der Waals surface area contributed by atoms with Crippen molar-refractivity contribution in [3.05, 3.63) is 17.8 Å². The van der Waals surface area contributed by atoms with E-state index in [9.17, 15) is 9.90 Å². The first-order chi connectivity index (χ1) is 11.7. The lowest BCUT2D eigenvalue weighted by atomic mass is 10.1. The van der Waals surface area contributed by atoms with Crippen LogP contribution in [-0.2, 0) is 0 Å². The maximum absolute atomic E-state index is 12.5. The van der Waals surface area contributed by atoms with Gasteiger partial charge in [-0.2, -0.15) is 5.10 Å². The third kappa shape index (κ3) is 2.83. The number of piperidine rings is 1. The standard InChI is InChI=1S/C16H22N6O2/c23-13-2-1-9-22(13)12-4-3-11-14(20-21-15(11)19-12)16(24)18-10-5-7-17-8-6-10/h3-4,10,13,17,23H,1-2,5-9H2,(H,18,24)(H,19,20,21)/t13-/m1/s1. The molecule has 0 aromatic carbocycles. The Morgan fingerprint density at radius 2 is 2.12 bits per heavy atom. The molecule has 2 fully saturated rings. The van der Waals surface area contributed by atoms with E-state index in [1.54, 1.807) is 0 Å². The molecule has 0 bridgehead atoms. The van der Waals surface area contributed by atoms with Gasteiger partial charge < -0.3 is 20.6 Å². The van der Waals surface area contributed by atoms with Crippen molar-refractivity contribution in [3.63, 3.8) is 0 Å². The Morgan fingerprint density at radius 3 is 2.88 bits per heavy atom. The van der Waals surface area contributed by atoms with Crippen molar-refractivity contribution in [1.29, 1.82) is 0 Å². The number of aromatic amines is 1. The van der Waals surface area contributed by atoms with Crippen LogP contribution in [0.25, 0.3) is 11.0 Å². The highest BCUT2D eigenvalue weighted by molar-refractivity contribution is 6.04. The van der Waals surface area contributed by atoms with Crippen LogP contribution in [-0.4, -0.2) is 58.1 Å². The fraction of sp³-hybridized carbons (Fsp3) is 0.562. The molecule has 1 atom stereocenters. The van der Waals surface area contributed by atoms with Gasteiger partial charge in [0.15, 0.2) is 11.3 Å². The average Bonchev–Trinajstić information content (AvgIpc) is 3.21. The molecule has 8 nitrogen and oxygen atoms in total. The molecule has 0 unspecified atom stereocenters. The second-order valence-electron chi connectivity index (χ2n) is 6.45. The summed E-state index contributed by atoms with van der Waals surface area (Å²) in [5, 5.41) is 24.0. The van der Waals surface area contributed by atoms with Crippen molar-refractivity contribution in [2.75, 3.05) is 24.5 Å². The lowest BCUT2D eigenvalue weighted by Gasteiger charge is -2.23. The summed E-state index contributed by atoms with van der Waals surface area (Å²) in [6.45, 7) is 2.64. The maximum atomic E-state index is 12.5. The Kier molecular flexibility index (Phi) is 4.07. The average molecular weight is 330 g/mol. The first-order valence-electron chi connectivity index (χ1n) is 8.54. The van der Waals surface area contributed by atoms with Gasteiger partial charge in [0.1, 0.15) is 12.0 Å². The first-order valence-corrected chi connectivity index (χ1v) is 8.54. The summed E-state index contributed by atoms with van der Waals surface area (Å²) in [5.74, 6) is 0.547. The summed E-state index contributed by atoms with van der Waals surface area (Å²) < 4.78 is 0. The number of pyridine rings is 1. The molecule has 1 amide bonds. The van der Waals surface area contributed by atoms with Crippen LogP contribution in [0.5, 0.6) is 0 Å². The van der Waals surface area contributed by atoms with Crippen molar-refractivity contribution in [1.82, 2.24) is 25.8 Å². The number of aliphatic hydroxyl groups excluding tert-OH is 1. The van der Waals surface area contributed by atoms with Gasteiger partial charge in [0.25, 0.3) is 5.91 Å². The van der Waals surface area contributed by atoms with Crippen LogP contribution in [0, 0.1) is 0 Å². The molecule has 0 aliphatic carbocycles. The highest BCUT2D eigenvalue weighted by atomic mass is 16.3. The Bertz CT molecular complexity index is 739. The van der Waals surface area contributed by atoms with Crippen molar-refractivity contribution in [2.24, 2.45) is 0 Å².